The number of aromatic nitrogens is 1. The van der Waals surface area contributed by atoms with Gasteiger partial charge in [0.25, 0.3) is 0 Å². The van der Waals surface area contributed by atoms with Crippen LogP contribution in [0, 0.1) is 11.7 Å². The maximum Gasteiger partial charge on any atom is 0.225 e. The van der Waals surface area contributed by atoms with E-state index in [9.17, 15) is 17.6 Å². The summed E-state index contributed by atoms with van der Waals surface area (Å²) in [6.07, 6.45) is 2.09. The molecule has 2 atom stereocenters. The molecule has 0 radical (unpaired) electrons. The van der Waals surface area contributed by atoms with Crippen molar-refractivity contribution in [3.63, 3.8) is 0 Å². The van der Waals surface area contributed by atoms with Crippen LogP contribution in [-0.4, -0.2) is 49.1 Å². The standard InChI is InChI=1S/C21H26FN3O3S/c1-14(2)21(26)25-11-10-19(24-29(3,27)28)20(25)13-17-8-5-9-18(23-17)15-6-4-7-16(22)12-15/h4-9,12,14,19-20,24H,10-11,13H2,1-3H3/t19-,20-/m1/s1. The SMILES string of the molecule is CC(C)C(=O)N1CC[C@@H](NS(C)(=O)=O)[C@H]1Cc1cccc(-c2cccc(F)c2)n1. The third kappa shape index (κ3) is 5.39. The maximum absolute atomic E-state index is 13.6. The third-order valence-corrected chi connectivity index (χ3v) is 5.76. The van der Waals surface area contributed by atoms with Gasteiger partial charge in [0, 0.05) is 36.2 Å². The number of sulfonamides is 1. The average molecular weight is 420 g/mol. The predicted molar refractivity (Wildman–Crippen MR) is 110 cm³/mol. The second-order valence-electron chi connectivity index (χ2n) is 7.77. The predicted octanol–water partition coefficient (Wildman–Crippen LogP) is 2.60. The summed E-state index contributed by atoms with van der Waals surface area (Å²) in [6, 6.07) is 11.0. The number of rotatable bonds is 6. The van der Waals surface area contributed by atoms with Crippen molar-refractivity contribution in [3.05, 3.63) is 54.0 Å². The smallest absolute Gasteiger partial charge is 0.225 e. The molecule has 0 saturated carbocycles. The maximum atomic E-state index is 13.6. The minimum absolute atomic E-state index is 0.00548. The molecule has 0 unspecified atom stereocenters. The lowest BCUT2D eigenvalue weighted by Gasteiger charge is -2.29. The number of nitrogens with zero attached hydrogens (tertiary/aromatic N) is 2. The van der Waals surface area contributed by atoms with Gasteiger partial charge in [-0.3, -0.25) is 9.78 Å². The monoisotopic (exact) mass is 419 g/mol. The van der Waals surface area contributed by atoms with Crippen molar-refractivity contribution in [2.45, 2.75) is 38.8 Å². The van der Waals surface area contributed by atoms with Crippen LogP contribution in [-0.2, 0) is 21.2 Å². The quantitative estimate of drug-likeness (QED) is 0.781. The summed E-state index contributed by atoms with van der Waals surface area (Å²) < 4.78 is 39.8. The van der Waals surface area contributed by atoms with Crippen LogP contribution < -0.4 is 4.72 Å². The summed E-state index contributed by atoms with van der Waals surface area (Å²) in [7, 11) is -3.41. The van der Waals surface area contributed by atoms with E-state index in [4.69, 9.17) is 0 Å². The molecule has 1 aromatic carbocycles. The number of pyridine rings is 1. The highest BCUT2D eigenvalue weighted by Gasteiger charge is 2.39. The van der Waals surface area contributed by atoms with Crippen LogP contribution in [0.2, 0.25) is 0 Å². The first-order chi connectivity index (χ1) is 13.6. The number of amides is 1. The molecule has 0 aliphatic carbocycles. The highest BCUT2D eigenvalue weighted by Crippen LogP contribution is 2.25. The Hall–Kier alpha value is -2.32. The molecule has 0 bridgehead atoms. The van der Waals surface area contributed by atoms with Crippen molar-refractivity contribution < 1.29 is 17.6 Å². The van der Waals surface area contributed by atoms with Crippen LogP contribution in [0.4, 0.5) is 4.39 Å². The van der Waals surface area contributed by atoms with E-state index in [2.05, 4.69) is 9.71 Å². The van der Waals surface area contributed by atoms with Gasteiger partial charge in [0.2, 0.25) is 15.9 Å². The average Bonchev–Trinajstić information content (AvgIpc) is 3.01. The Morgan fingerprint density at radius 3 is 2.66 bits per heavy atom. The minimum Gasteiger partial charge on any atom is -0.337 e. The summed E-state index contributed by atoms with van der Waals surface area (Å²) in [5.41, 5.74) is 2.02. The van der Waals surface area contributed by atoms with E-state index in [0.29, 0.717) is 30.6 Å². The number of carbonyl (C=O) groups is 1. The summed E-state index contributed by atoms with van der Waals surface area (Å²) in [5.74, 6) is -0.522. The Bertz CT molecular complexity index is 994. The number of halogens is 1. The fourth-order valence-corrected chi connectivity index (χ4v) is 4.56. The molecule has 1 aliphatic heterocycles. The van der Waals surface area contributed by atoms with Crippen molar-refractivity contribution >= 4 is 15.9 Å². The number of carbonyl (C=O) groups excluding carboxylic acids is 1. The molecule has 1 amide bonds. The van der Waals surface area contributed by atoms with Gasteiger partial charge in [-0.2, -0.15) is 0 Å². The molecule has 0 spiro atoms. The molecule has 1 aliphatic rings. The van der Waals surface area contributed by atoms with Crippen molar-refractivity contribution in [2.24, 2.45) is 5.92 Å². The van der Waals surface area contributed by atoms with Gasteiger partial charge in [-0.25, -0.2) is 17.5 Å². The number of nitrogens with one attached hydrogen (secondary N) is 1. The van der Waals surface area contributed by atoms with Gasteiger partial charge in [-0.05, 0) is 30.7 Å². The van der Waals surface area contributed by atoms with Crippen LogP contribution >= 0.6 is 0 Å². The Labute approximate surface area is 171 Å². The second-order valence-corrected chi connectivity index (χ2v) is 9.55. The molecule has 3 rings (SSSR count). The Kier molecular flexibility index (Phi) is 6.33. The molecule has 1 aromatic heterocycles. The van der Waals surface area contributed by atoms with Crippen LogP contribution in [0.15, 0.2) is 42.5 Å². The van der Waals surface area contributed by atoms with Gasteiger partial charge in [0.15, 0.2) is 0 Å². The third-order valence-electron chi connectivity index (χ3n) is 5.03. The molecule has 156 valence electrons. The molecule has 2 aromatic rings. The lowest BCUT2D eigenvalue weighted by molar-refractivity contribution is -0.135. The Balaban J connectivity index is 1.89. The first-order valence-corrected chi connectivity index (χ1v) is 11.5. The van der Waals surface area contributed by atoms with E-state index in [1.807, 2.05) is 26.0 Å². The molecular weight excluding hydrogens is 393 g/mol. The number of likely N-dealkylation sites (tertiary alicyclic amines) is 1. The summed E-state index contributed by atoms with van der Waals surface area (Å²) in [5, 5.41) is 0. The Morgan fingerprint density at radius 2 is 2.00 bits per heavy atom. The van der Waals surface area contributed by atoms with Crippen LogP contribution in [0.5, 0.6) is 0 Å². The van der Waals surface area contributed by atoms with Crippen LogP contribution in [0.3, 0.4) is 0 Å². The molecular formula is C21H26FN3O3S. The van der Waals surface area contributed by atoms with E-state index in [1.54, 1.807) is 23.1 Å². The molecule has 29 heavy (non-hydrogen) atoms. The van der Waals surface area contributed by atoms with Gasteiger partial charge in [-0.1, -0.05) is 32.0 Å². The van der Waals surface area contributed by atoms with E-state index >= 15 is 0 Å². The molecule has 1 fully saturated rings. The fraction of sp³-hybridized carbons (Fsp3) is 0.429. The second kappa shape index (κ2) is 8.59. The lowest BCUT2D eigenvalue weighted by Crippen LogP contribution is -2.48. The normalized spacial score (nSPS) is 19.7. The van der Waals surface area contributed by atoms with Gasteiger partial charge < -0.3 is 4.90 Å². The summed E-state index contributed by atoms with van der Waals surface area (Å²) in [4.78, 5) is 19.1. The molecule has 1 saturated heterocycles. The van der Waals surface area contributed by atoms with Crippen LogP contribution in [0.25, 0.3) is 11.3 Å². The molecule has 1 N–H and O–H groups in total. The van der Waals surface area contributed by atoms with Gasteiger partial charge in [-0.15, -0.1) is 0 Å². The molecule has 6 nitrogen and oxygen atoms in total. The van der Waals surface area contributed by atoms with E-state index in [0.717, 1.165) is 11.9 Å². The highest BCUT2D eigenvalue weighted by molar-refractivity contribution is 7.88. The number of benzene rings is 1. The minimum atomic E-state index is -3.41. The van der Waals surface area contributed by atoms with Crippen molar-refractivity contribution in [2.75, 3.05) is 12.8 Å². The topological polar surface area (TPSA) is 79.4 Å². The number of hydrogen-bond acceptors (Lipinski definition) is 4. The van der Waals surface area contributed by atoms with Crippen molar-refractivity contribution in [3.8, 4) is 11.3 Å². The van der Waals surface area contributed by atoms with E-state index < -0.39 is 10.0 Å². The van der Waals surface area contributed by atoms with Gasteiger partial charge >= 0.3 is 0 Å². The summed E-state index contributed by atoms with van der Waals surface area (Å²) in [6.45, 7) is 4.16. The Morgan fingerprint density at radius 1 is 1.28 bits per heavy atom. The van der Waals surface area contributed by atoms with E-state index in [-0.39, 0.29) is 29.7 Å². The molecule has 2 heterocycles. The highest BCUT2D eigenvalue weighted by atomic mass is 32.2. The zero-order valence-electron chi connectivity index (χ0n) is 16.8. The lowest BCUT2D eigenvalue weighted by atomic mass is 10.0. The van der Waals surface area contributed by atoms with Crippen molar-refractivity contribution in [1.29, 1.82) is 0 Å². The fourth-order valence-electron chi connectivity index (χ4n) is 3.74. The molecule has 8 heteroatoms. The van der Waals surface area contributed by atoms with E-state index in [1.165, 1.54) is 12.1 Å². The first-order valence-electron chi connectivity index (χ1n) is 9.63. The van der Waals surface area contributed by atoms with Crippen molar-refractivity contribution in [1.82, 2.24) is 14.6 Å². The summed E-state index contributed by atoms with van der Waals surface area (Å²) >= 11 is 0. The van der Waals surface area contributed by atoms with Gasteiger partial charge in [0.05, 0.1) is 18.0 Å². The van der Waals surface area contributed by atoms with Crippen LogP contribution in [0.1, 0.15) is 26.0 Å². The number of hydrogen-bond donors (Lipinski definition) is 1. The zero-order valence-corrected chi connectivity index (χ0v) is 17.6. The largest absolute Gasteiger partial charge is 0.337 e. The first kappa shape index (κ1) is 21.4. The van der Waals surface area contributed by atoms with Gasteiger partial charge in [0.1, 0.15) is 5.82 Å². The zero-order chi connectivity index (χ0) is 21.2.